The number of nitrogens with one attached hydrogen (secondary N) is 1. The smallest absolute Gasteiger partial charge is 0.0638 e. The van der Waals surface area contributed by atoms with E-state index < -0.39 is 0 Å². The topological polar surface area (TPSA) is 47.3 Å². The van der Waals surface area contributed by atoms with Crippen LogP contribution in [-0.4, -0.2) is 19.8 Å². The maximum Gasteiger partial charge on any atom is 0.0638 e. The van der Waals surface area contributed by atoms with Crippen LogP contribution in [0.25, 0.3) is 0 Å². The summed E-state index contributed by atoms with van der Waals surface area (Å²) >= 11 is 2.26. The molecule has 0 heterocycles. The first-order valence-corrected chi connectivity index (χ1v) is 5.68. The van der Waals surface area contributed by atoms with Crippen LogP contribution in [-0.2, 0) is 4.74 Å². The van der Waals surface area contributed by atoms with Gasteiger partial charge in [-0.15, -0.1) is 0 Å². The van der Waals surface area contributed by atoms with Gasteiger partial charge in [0.25, 0.3) is 0 Å². The van der Waals surface area contributed by atoms with Gasteiger partial charge in [0, 0.05) is 28.1 Å². The van der Waals surface area contributed by atoms with Gasteiger partial charge in [-0.1, -0.05) is 0 Å². The lowest BCUT2D eigenvalue weighted by atomic mass is 10.3. The van der Waals surface area contributed by atoms with Crippen LogP contribution < -0.4 is 11.1 Å². The number of halogens is 1. The van der Waals surface area contributed by atoms with Gasteiger partial charge in [0.15, 0.2) is 0 Å². The van der Waals surface area contributed by atoms with Gasteiger partial charge in [0.1, 0.15) is 0 Å². The third kappa shape index (κ3) is 3.71. The minimum Gasteiger partial charge on any atom is -0.399 e. The van der Waals surface area contributed by atoms with E-state index in [1.165, 1.54) is 0 Å². The van der Waals surface area contributed by atoms with Crippen LogP contribution in [0.15, 0.2) is 18.2 Å². The highest BCUT2D eigenvalue weighted by molar-refractivity contribution is 14.1. The minimum absolute atomic E-state index is 0.733. The average molecular weight is 306 g/mol. The molecule has 0 radical (unpaired) electrons. The predicted molar refractivity (Wildman–Crippen MR) is 68.6 cm³/mol. The van der Waals surface area contributed by atoms with Gasteiger partial charge in [-0.05, 0) is 47.7 Å². The zero-order valence-electron chi connectivity index (χ0n) is 8.22. The second kappa shape index (κ2) is 6.08. The molecule has 3 nitrogen and oxygen atoms in total. The summed E-state index contributed by atoms with van der Waals surface area (Å²) < 4.78 is 6.37. The maximum atomic E-state index is 5.65. The second-order valence-electron chi connectivity index (χ2n) is 2.86. The first-order valence-electron chi connectivity index (χ1n) is 4.60. The van der Waals surface area contributed by atoms with Gasteiger partial charge < -0.3 is 15.8 Å². The van der Waals surface area contributed by atoms with Crippen LogP contribution in [0.3, 0.4) is 0 Å². The van der Waals surface area contributed by atoms with E-state index in [9.17, 15) is 0 Å². The lowest BCUT2D eigenvalue weighted by Gasteiger charge is -2.08. The summed E-state index contributed by atoms with van der Waals surface area (Å²) in [5.41, 5.74) is 7.55. The fraction of sp³-hybridized carbons (Fsp3) is 0.400. The number of ether oxygens (including phenoxy) is 1. The molecule has 0 spiro atoms. The molecular formula is C10H15IN2O. The number of anilines is 2. The van der Waals surface area contributed by atoms with E-state index in [0.717, 1.165) is 34.7 Å². The normalized spacial score (nSPS) is 10.1. The lowest BCUT2D eigenvalue weighted by molar-refractivity contribution is 0.158. The quantitative estimate of drug-likeness (QED) is 0.498. The molecule has 0 bridgehead atoms. The zero-order valence-corrected chi connectivity index (χ0v) is 10.4. The molecule has 0 unspecified atom stereocenters. The Morgan fingerprint density at radius 3 is 2.93 bits per heavy atom. The molecule has 14 heavy (non-hydrogen) atoms. The Labute approximate surface area is 98.2 Å². The molecule has 1 aromatic carbocycles. The van der Waals surface area contributed by atoms with Crippen molar-refractivity contribution in [1.82, 2.24) is 0 Å². The van der Waals surface area contributed by atoms with E-state index in [2.05, 4.69) is 27.9 Å². The summed E-state index contributed by atoms with van der Waals surface area (Å²) in [6, 6.07) is 5.83. The predicted octanol–water partition coefficient (Wildman–Crippen LogP) is 2.32. The van der Waals surface area contributed by atoms with Crippen LogP contribution in [0.1, 0.15) is 6.92 Å². The van der Waals surface area contributed by atoms with Crippen molar-refractivity contribution in [2.24, 2.45) is 0 Å². The van der Waals surface area contributed by atoms with Crippen molar-refractivity contribution in [3.8, 4) is 0 Å². The van der Waals surface area contributed by atoms with E-state index in [4.69, 9.17) is 10.5 Å². The Morgan fingerprint density at radius 2 is 2.29 bits per heavy atom. The van der Waals surface area contributed by atoms with Gasteiger partial charge in [-0.3, -0.25) is 0 Å². The van der Waals surface area contributed by atoms with Gasteiger partial charge in [-0.25, -0.2) is 0 Å². The molecule has 0 aliphatic rings. The molecule has 3 N–H and O–H groups in total. The van der Waals surface area contributed by atoms with Gasteiger partial charge >= 0.3 is 0 Å². The molecule has 0 aliphatic heterocycles. The van der Waals surface area contributed by atoms with Crippen LogP contribution in [0.4, 0.5) is 11.4 Å². The largest absolute Gasteiger partial charge is 0.399 e. The summed E-state index contributed by atoms with van der Waals surface area (Å²) in [7, 11) is 0. The molecule has 78 valence electrons. The van der Waals surface area contributed by atoms with Crippen molar-refractivity contribution in [3.05, 3.63) is 21.8 Å². The van der Waals surface area contributed by atoms with E-state index >= 15 is 0 Å². The molecule has 4 heteroatoms. The Hall–Kier alpha value is -0.490. The van der Waals surface area contributed by atoms with Gasteiger partial charge in [0.05, 0.1) is 6.61 Å². The molecule has 0 saturated carbocycles. The standard InChI is InChI=1S/C10H15IN2O/c1-2-14-6-5-13-10-4-3-8(12)7-9(10)11/h3-4,7,13H,2,5-6,12H2,1H3. The lowest BCUT2D eigenvalue weighted by Crippen LogP contribution is -2.10. The Bertz CT molecular complexity index is 291. The number of nitrogens with two attached hydrogens (primary N) is 1. The summed E-state index contributed by atoms with van der Waals surface area (Å²) in [6.45, 7) is 4.32. The Balaban J connectivity index is 2.42. The van der Waals surface area contributed by atoms with Crippen molar-refractivity contribution in [2.45, 2.75) is 6.92 Å². The SMILES string of the molecule is CCOCCNc1ccc(N)cc1I. The third-order valence-corrected chi connectivity index (χ3v) is 2.65. The minimum atomic E-state index is 0.733. The van der Waals surface area contributed by atoms with Crippen LogP contribution in [0, 0.1) is 3.57 Å². The first kappa shape index (κ1) is 11.6. The van der Waals surface area contributed by atoms with E-state index in [0.29, 0.717) is 0 Å². The van der Waals surface area contributed by atoms with Crippen LogP contribution in [0.2, 0.25) is 0 Å². The highest BCUT2D eigenvalue weighted by Crippen LogP contribution is 2.20. The number of hydrogen-bond donors (Lipinski definition) is 2. The molecule has 0 aliphatic carbocycles. The summed E-state index contributed by atoms with van der Waals surface area (Å²) in [4.78, 5) is 0. The number of benzene rings is 1. The van der Waals surface area contributed by atoms with Crippen LogP contribution in [0.5, 0.6) is 0 Å². The zero-order chi connectivity index (χ0) is 10.4. The maximum absolute atomic E-state index is 5.65. The van der Waals surface area contributed by atoms with E-state index in [1.807, 2.05) is 25.1 Å². The third-order valence-electron chi connectivity index (χ3n) is 1.76. The van der Waals surface area contributed by atoms with Crippen LogP contribution >= 0.6 is 22.6 Å². The molecular weight excluding hydrogens is 291 g/mol. The molecule has 0 fully saturated rings. The van der Waals surface area contributed by atoms with Gasteiger partial charge in [-0.2, -0.15) is 0 Å². The molecule has 0 atom stereocenters. The average Bonchev–Trinajstić information content (AvgIpc) is 2.15. The molecule has 1 aromatic rings. The summed E-state index contributed by atoms with van der Waals surface area (Å²) in [5, 5.41) is 3.29. The second-order valence-corrected chi connectivity index (χ2v) is 4.03. The summed E-state index contributed by atoms with van der Waals surface area (Å²) in [6.07, 6.45) is 0. The van der Waals surface area contributed by atoms with Crippen molar-refractivity contribution in [1.29, 1.82) is 0 Å². The fourth-order valence-corrected chi connectivity index (χ4v) is 1.81. The molecule has 0 amide bonds. The number of nitrogen functional groups attached to an aromatic ring is 1. The number of rotatable bonds is 5. The molecule has 1 rings (SSSR count). The number of hydrogen-bond acceptors (Lipinski definition) is 3. The Kier molecular flexibility index (Phi) is 5.03. The molecule has 0 aromatic heterocycles. The van der Waals surface area contributed by atoms with Crippen molar-refractivity contribution in [2.75, 3.05) is 30.8 Å². The highest BCUT2D eigenvalue weighted by Gasteiger charge is 1.98. The van der Waals surface area contributed by atoms with Crippen molar-refractivity contribution < 1.29 is 4.74 Å². The highest BCUT2D eigenvalue weighted by atomic mass is 127. The van der Waals surface area contributed by atoms with Crippen molar-refractivity contribution >= 4 is 34.0 Å². The Morgan fingerprint density at radius 1 is 1.50 bits per heavy atom. The van der Waals surface area contributed by atoms with Gasteiger partial charge in [0.2, 0.25) is 0 Å². The summed E-state index contributed by atoms with van der Waals surface area (Å²) in [5.74, 6) is 0. The van der Waals surface area contributed by atoms with E-state index in [1.54, 1.807) is 0 Å². The van der Waals surface area contributed by atoms with E-state index in [-0.39, 0.29) is 0 Å². The first-order chi connectivity index (χ1) is 6.74. The van der Waals surface area contributed by atoms with Crippen molar-refractivity contribution in [3.63, 3.8) is 0 Å². The monoisotopic (exact) mass is 306 g/mol. The fourth-order valence-electron chi connectivity index (χ4n) is 1.08. The molecule has 0 saturated heterocycles.